The summed E-state index contributed by atoms with van der Waals surface area (Å²) in [5.74, 6) is 0.420. The van der Waals surface area contributed by atoms with Gasteiger partial charge in [-0.15, -0.1) is 0 Å². The smallest absolute Gasteiger partial charge is 0.230 e. The summed E-state index contributed by atoms with van der Waals surface area (Å²) in [7, 11) is 0. The highest BCUT2D eigenvalue weighted by Gasteiger charge is 2.08. The van der Waals surface area contributed by atoms with E-state index in [1.165, 1.54) is 23.9 Å². The summed E-state index contributed by atoms with van der Waals surface area (Å²) in [5, 5.41) is 4.19. The molecule has 0 aliphatic heterocycles. The van der Waals surface area contributed by atoms with Crippen molar-refractivity contribution in [3.05, 3.63) is 76.7 Å². The first kappa shape index (κ1) is 19.3. The molecular weight excluding hydrogens is 385 g/mol. The first-order valence-electron chi connectivity index (χ1n) is 8.25. The third-order valence-corrected chi connectivity index (χ3v) is 4.85. The number of nitrogens with one attached hydrogen (secondary N) is 1. The molecule has 0 atom stereocenters. The summed E-state index contributed by atoms with van der Waals surface area (Å²) in [6, 6.07) is 15.2. The summed E-state index contributed by atoms with van der Waals surface area (Å²) in [5.41, 5.74) is 2.53. The Morgan fingerprint density at radius 2 is 1.81 bits per heavy atom. The van der Waals surface area contributed by atoms with Gasteiger partial charge in [0.15, 0.2) is 5.82 Å². The van der Waals surface area contributed by atoms with Gasteiger partial charge < -0.3 is 5.32 Å². The average Bonchev–Trinajstić information content (AvgIpc) is 2.66. The van der Waals surface area contributed by atoms with Crippen molar-refractivity contribution in [1.29, 1.82) is 0 Å². The number of amides is 1. The van der Waals surface area contributed by atoms with E-state index in [2.05, 4.69) is 15.3 Å². The van der Waals surface area contributed by atoms with E-state index in [4.69, 9.17) is 11.6 Å². The largest absolute Gasteiger partial charge is 0.351 e. The van der Waals surface area contributed by atoms with Gasteiger partial charge in [0.2, 0.25) is 5.91 Å². The minimum absolute atomic E-state index is 0.117. The Morgan fingerprint density at radius 1 is 1.11 bits per heavy atom. The molecule has 0 bridgehead atoms. The number of aryl methyl sites for hydroxylation is 1. The lowest BCUT2D eigenvalue weighted by Crippen LogP contribution is -2.24. The number of halogens is 2. The van der Waals surface area contributed by atoms with Gasteiger partial charge in [0, 0.05) is 22.8 Å². The summed E-state index contributed by atoms with van der Waals surface area (Å²) < 4.78 is 12.9. The highest BCUT2D eigenvalue weighted by atomic mass is 35.5. The van der Waals surface area contributed by atoms with E-state index < -0.39 is 0 Å². The van der Waals surface area contributed by atoms with Gasteiger partial charge in [-0.2, -0.15) is 0 Å². The molecule has 0 aliphatic carbocycles. The van der Waals surface area contributed by atoms with Crippen LogP contribution >= 0.6 is 23.4 Å². The number of aromatic nitrogens is 2. The fourth-order valence-electron chi connectivity index (χ4n) is 2.34. The van der Waals surface area contributed by atoms with E-state index in [9.17, 15) is 9.18 Å². The second kappa shape index (κ2) is 8.97. The molecule has 1 N–H and O–H groups in total. The molecule has 2 aromatic carbocycles. The normalized spacial score (nSPS) is 10.6. The Labute approximate surface area is 166 Å². The van der Waals surface area contributed by atoms with Crippen molar-refractivity contribution < 1.29 is 9.18 Å². The van der Waals surface area contributed by atoms with Gasteiger partial charge in [-0.05, 0) is 55.0 Å². The van der Waals surface area contributed by atoms with Crippen LogP contribution in [0.4, 0.5) is 4.39 Å². The van der Waals surface area contributed by atoms with Gasteiger partial charge in [0.05, 0.1) is 5.75 Å². The highest BCUT2D eigenvalue weighted by molar-refractivity contribution is 7.99. The molecule has 0 aliphatic rings. The topological polar surface area (TPSA) is 54.9 Å². The van der Waals surface area contributed by atoms with Gasteiger partial charge in [0.25, 0.3) is 0 Å². The Hall–Kier alpha value is -2.44. The minimum atomic E-state index is -0.295. The van der Waals surface area contributed by atoms with Crippen molar-refractivity contribution in [3.63, 3.8) is 0 Å². The lowest BCUT2D eigenvalue weighted by atomic mass is 10.2. The Bertz CT molecular complexity index is 933. The number of nitrogens with zero attached hydrogens (tertiary/aromatic N) is 2. The van der Waals surface area contributed by atoms with E-state index in [1.54, 1.807) is 24.3 Å². The van der Waals surface area contributed by atoms with Crippen LogP contribution in [0.3, 0.4) is 0 Å². The second-order valence-electron chi connectivity index (χ2n) is 5.87. The maximum absolute atomic E-state index is 12.9. The summed E-state index contributed by atoms with van der Waals surface area (Å²) in [6.07, 6.45) is 0. The third-order valence-electron chi connectivity index (χ3n) is 3.69. The summed E-state index contributed by atoms with van der Waals surface area (Å²) in [4.78, 5) is 21.0. The van der Waals surface area contributed by atoms with Crippen LogP contribution in [-0.2, 0) is 11.3 Å². The monoisotopic (exact) mass is 401 g/mol. The standard InChI is InChI=1S/C20H17ClFN3OS/c1-13-10-19(25-20(24-13)15-4-6-16(21)7-5-15)27-12-18(26)23-11-14-2-8-17(22)9-3-14/h2-10H,11-12H2,1H3,(H,23,26). The predicted octanol–water partition coefficient (Wildman–Crippen LogP) is 4.65. The second-order valence-corrected chi connectivity index (χ2v) is 7.30. The number of hydrogen-bond acceptors (Lipinski definition) is 4. The van der Waals surface area contributed by atoms with E-state index in [1.807, 2.05) is 25.1 Å². The van der Waals surface area contributed by atoms with Gasteiger partial charge in [-0.25, -0.2) is 14.4 Å². The van der Waals surface area contributed by atoms with Crippen LogP contribution in [0, 0.1) is 12.7 Å². The molecule has 0 radical (unpaired) electrons. The Balaban J connectivity index is 1.59. The number of benzene rings is 2. The first-order valence-corrected chi connectivity index (χ1v) is 9.61. The fourth-order valence-corrected chi connectivity index (χ4v) is 3.25. The molecule has 0 saturated heterocycles. The molecule has 4 nitrogen and oxygen atoms in total. The van der Waals surface area contributed by atoms with Gasteiger partial charge in [-0.3, -0.25) is 4.79 Å². The van der Waals surface area contributed by atoms with Crippen LogP contribution in [0.2, 0.25) is 5.02 Å². The molecule has 27 heavy (non-hydrogen) atoms. The molecule has 0 fully saturated rings. The lowest BCUT2D eigenvalue weighted by molar-refractivity contribution is -0.118. The van der Waals surface area contributed by atoms with E-state index in [0.29, 0.717) is 17.4 Å². The molecule has 1 heterocycles. The third kappa shape index (κ3) is 5.77. The van der Waals surface area contributed by atoms with Crippen molar-refractivity contribution in [2.45, 2.75) is 18.5 Å². The zero-order valence-electron chi connectivity index (χ0n) is 14.6. The molecule has 7 heteroatoms. The first-order chi connectivity index (χ1) is 13.0. The molecule has 1 amide bonds. The minimum Gasteiger partial charge on any atom is -0.351 e. The van der Waals surface area contributed by atoms with Crippen LogP contribution in [-0.4, -0.2) is 21.6 Å². The maximum atomic E-state index is 12.9. The summed E-state index contributed by atoms with van der Waals surface area (Å²) >= 11 is 7.26. The van der Waals surface area contributed by atoms with Crippen molar-refractivity contribution in [3.8, 4) is 11.4 Å². The molecule has 0 unspecified atom stereocenters. The van der Waals surface area contributed by atoms with E-state index in [0.717, 1.165) is 21.8 Å². The van der Waals surface area contributed by atoms with Crippen molar-refractivity contribution >= 4 is 29.3 Å². The predicted molar refractivity (Wildman–Crippen MR) is 106 cm³/mol. The highest BCUT2D eigenvalue weighted by Crippen LogP contribution is 2.22. The molecule has 138 valence electrons. The molecule has 0 spiro atoms. The molecule has 3 aromatic rings. The average molecular weight is 402 g/mol. The van der Waals surface area contributed by atoms with Crippen LogP contribution in [0.1, 0.15) is 11.3 Å². The zero-order valence-corrected chi connectivity index (χ0v) is 16.1. The quantitative estimate of drug-likeness (QED) is 0.482. The van der Waals surface area contributed by atoms with Gasteiger partial charge >= 0.3 is 0 Å². The van der Waals surface area contributed by atoms with Gasteiger partial charge in [0.1, 0.15) is 10.8 Å². The number of carbonyl (C=O) groups is 1. The van der Waals surface area contributed by atoms with Gasteiger partial charge in [-0.1, -0.05) is 35.5 Å². The number of carbonyl (C=O) groups excluding carboxylic acids is 1. The van der Waals surface area contributed by atoms with Crippen molar-refractivity contribution in [2.24, 2.45) is 0 Å². The maximum Gasteiger partial charge on any atom is 0.230 e. The van der Waals surface area contributed by atoms with E-state index >= 15 is 0 Å². The number of hydrogen-bond donors (Lipinski definition) is 1. The fraction of sp³-hybridized carbons (Fsp3) is 0.150. The van der Waals surface area contributed by atoms with Crippen LogP contribution in [0.5, 0.6) is 0 Å². The molecule has 1 aromatic heterocycles. The van der Waals surface area contributed by atoms with Crippen molar-refractivity contribution in [1.82, 2.24) is 15.3 Å². The lowest BCUT2D eigenvalue weighted by Gasteiger charge is -2.07. The van der Waals surface area contributed by atoms with Crippen LogP contribution in [0.15, 0.2) is 59.6 Å². The summed E-state index contributed by atoms with van der Waals surface area (Å²) in [6.45, 7) is 2.25. The molecule has 0 saturated carbocycles. The number of thioether (sulfide) groups is 1. The Kier molecular flexibility index (Phi) is 6.42. The number of rotatable bonds is 6. The Morgan fingerprint density at radius 3 is 2.52 bits per heavy atom. The molecular formula is C20H17ClFN3OS. The van der Waals surface area contributed by atoms with Crippen LogP contribution in [0.25, 0.3) is 11.4 Å². The van der Waals surface area contributed by atoms with E-state index in [-0.39, 0.29) is 17.5 Å². The SMILES string of the molecule is Cc1cc(SCC(=O)NCc2ccc(F)cc2)nc(-c2ccc(Cl)cc2)n1. The molecule has 3 rings (SSSR count). The van der Waals surface area contributed by atoms with Crippen LogP contribution < -0.4 is 5.32 Å². The zero-order chi connectivity index (χ0) is 19.2. The van der Waals surface area contributed by atoms with Crippen molar-refractivity contribution in [2.75, 3.05) is 5.75 Å².